The summed E-state index contributed by atoms with van der Waals surface area (Å²) in [5.74, 6) is 0.130. The number of benzene rings is 3. The minimum atomic E-state index is -0.152. The van der Waals surface area contributed by atoms with Crippen molar-refractivity contribution in [3.8, 4) is 0 Å². The molecular formula is C23H23N3O2S. The van der Waals surface area contributed by atoms with Gasteiger partial charge in [0.25, 0.3) is 0 Å². The first-order chi connectivity index (χ1) is 14.1. The minimum absolute atomic E-state index is 0.127. The Kier molecular flexibility index (Phi) is 7.30. The first kappa shape index (κ1) is 20.5. The number of carbonyl (C=O) groups is 2. The van der Waals surface area contributed by atoms with Crippen molar-refractivity contribution in [1.29, 1.82) is 0 Å². The first-order valence-corrected chi connectivity index (χ1v) is 10.4. The smallest absolute Gasteiger partial charge is 0.234 e. The van der Waals surface area contributed by atoms with Gasteiger partial charge in [-0.15, -0.1) is 11.8 Å². The van der Waals surface area contributed by atoms with E-state index >= 15 is 0 Å². The van der Waals surface area contributed by atoms with Crippen LogP contribution in [0.5, 0.6) is 0 Å². The van der Waals surface area contributed by atoms with Gasteiger partial charge in [0.2, 0.25) is 11.8 Å². The molecule has 0 spiro atoms. The molecule has 0 saturated heterocycles. The Balaban J connectivity index is 1.47. The van der Waals surface area contributed by atoms with E-state index in [1.54, 1.807) is 0 Å². The molecule has 0 aliphatic rings. The van der Waals surface area contributed by atoms with Gasteiger partial charge in [0.05, 0.1) is 22.9 Å². The zero-order chi connectivity index (χ0) is 20.5. The lowest BCUT2D eigenvalue weighted by Crippen LogP contribution is -2.18. The highest BCUT2D eigenvalue weighted by atomic mass is 32.2. The summed E-state index contributed by atoms with van der Waals surface area (Å²) in [6, 6.07) is 24.9. The highest BCUT2D eigenvalue weighted by molar-refractivity contribution is 8.00. The highest BCUT2D eigenvalue weighted by Gasteiger charge is 2.09. The van der Waals surface area contributed by atoms with Gasteiger partial charge in [-0.05, 0) is 43.3 Å². The van der Waals surface area contributed by atoms with Crippen molar-refractivity contribution in [2.45, 2.75) is 6.92 Å². The zero-order valence-electron chi connectivity index (χ0n) is 16.1. The van der Waals surface area contributed by atoms with Gasteiger partial charge in [-0.2, -0.15) is 0 Å². The molecule has 0 unspecified atom stereocenters. The van der Waals surface area contributed by atoms with Gasteiger partial charge in [0.15, 0.2) is 0 Å². The van der Waals surface area contributed by atoms with Crippen LogP contribution >= 0.6 is 11.8 Å². The van der Waals surface area contributed by atoms with Crippen molar-refractivity contribution in [3.63, 3.8) is 0 Å². The lowest BCUT2D eigenvalue weighted by Gasteiger charge is -2.13. The van der Waals surface area contributed by atoms with E-state index in [1.807, 2.05) is 85.8 Å². The maximum atomic E-state index is 12.3. The lowest BCUT2D eigenvalue weighted by atomic mass is 10.2. The number of carbonyl (C=O) groups excluding carboxylic acids is 2. The second kappa shape index (κ2) is 10.3. The normalized spacial score (nSPS) is 10.2. The number of hydrogen-bond donors (Lipinski definition) is 3. The van der Waals surface area contributed by atoms with Crippen molar-refractivity contribution in [3.05, 3.63) is 84.4 Å². The summed E-state index contributed by atoms with van der Waals surface area (Å²) >= 11 is 1.28. The second-order valence-corrected chi connectivity index (χ2v) is 7.48. The van der Waals surface area contributed by atoms with Gasteiger partial charge in [0, 0.05) is 11.4 Å². The van der Waals surface area contributed by atoms with Crippen LogP contribution in [0.4, 0.5) is 22.7 Å². The Bertz CT molecular complexity index is 959. The molecule has 0 aliphatic carbocycles. The third-order valence-corrected chi connectivity index (χ3v) is 4.99. The number of nitrogens with one attached hydrogen (secondary N) is 3. The standard InChI is InChI=1S/C23H23N3O2S/c1-17-11-13-19(14-12-17)25-22(27)15-29-16-23(28)26-21-10-6-5-9-20(21)24-18-7-3-2-4-8-18/h2-14,24H,15-16H2,1H3,(H,25,27)(H,26,28). The Labute approximate surface area is 174 Å². The quantitative estimate of drug-likeness (QED) is 0.490. The molecule has 0 heterocycles. The van der Waals surface area contributed by atoms with Crippen molar-refractivity contribution >= 4 is 46.3 Å². The molecule has 3 N–H and O–H groups in total. The third-order valence-electron chi connectivity index (χ3n) is 4.06. The summed E-state index contributed by atoms with van der Waals surface area (Å²) in [6.07, 6.45) is 0. The van der Waals surface area contributed by atoms with Crippen LogP contribution in [0, 0.1) is 6.92 Å². The predicted molar refractivity (Wildman–Crippen MR) is 122 cm³/mol. The molecular weight excluding hydrogens is 382 g/mol. The molecule has 5 nitrogen and oxygen atoms in total. The summed E-state index contributed by atoms with van der Waals surface area (Å²) in [5, 5.41) is 9.03. The van der Waals surface area contributed by atoms with Gasteiger partial charge < -0.3 is 16.0 Å². The number of rotatable bonds is 8. The molecule has 3 aromatic rings. The van der Waals surface area contributed by atoms with Crippen LogP contribution < -0.4 is 16.0 Å². The number of hydrogen-bond acceptors (Lipinski definition) is 4. The van der Waals surface area contributed by atoms with Crippen LogP contribution in [0.3, 0.4) is 0 Å². The molecule has 29 heavy (non-hydrogen) atoms. The lowest BCUT2D eigenvalue weighted by molar-refractivity contribution is -0.114. The molecule has 0 saturated carbocycles. The maximum absolute atomic E-state index is 12.3. The third kappa shape index (κ3) is 6.69. The van der Waals surface area contributed by atoms with Crippen molar-refractivity contribution in [2.24, 2.45) is 0 Å². The summed E-state index contributed by atoms with van der Waals surface area (Å²) in [7, 11) is 0. The molecule has 0 fully saturated rings. The highest BCUT2D eigenvalue weighted by Crippen LogP contribution is 2.25. The number of thioether (sulfide) groups is 1. The van der Waals surface area contributed by atoms with Gasteiger partial charge in [-0.3, -0.25) is 9.59 Å². The van der Waals surface area contributed by atoms with Gasteiger partial charge in [-0.1, -0.05) is 48.0 Å². The number of aryl methyl sites for hydroxylation is 1. The predicted octanol–water partition coefficient (Wildman–Crippen LogP) is 5.05. The van der Waals surface area contributed by atoms with Gasteiger partial charge in [-0.25, -0.2) is 0 Å². The van der Waals surface area contributed by atoms with E-state index in [9.17, 15) is 9.59 Å². The Morgan fingerprint density at radius 1 is 0.690 bits per heavy atom. The first-order valence-electron chi connectivity index (χ1n) is 9.25. The molecule has 0 atom stereocenters. The van der Waals surface area contributed by atoms with Crippen LogP contribution in [0.15, 0.2) is 78.9 Å². The number of para-hydroxylation sites is 3. The van der Waals surface area contributed by atoms with Crippen LogP contribution in [0.25, 0.3) is 0 Å². The molecule has 0 bridgehead atoms. The Hall–Kier alpha value is -3.25. The van der Waals surface area contributed by atoms with E-state index in [0.717, 1.165) is 22.6 Å². The van der Waals surface area contributed by atoms with Crippen molar-refractivity contribution in [1.82, 2.24) is 0 Å². The van der Waals surface area contributed by atoms with E-state index in [0.29, 0.717) is 5.69 Å². The summed E-state index contributed by atoms with van der Waals surface area (Å²) < 4.78 is 0. The monoisotopic (exact) mass is 405 g/mol. The molecule has 2 amide bonds. The van der Waals surface area contributed by atoms with Crippen molar-refractivity contribution < 1.29 is 9.59 Å². The summed E-state index contributed by atoms with van der Waals surface area (Å²) in [4.78, 5) is 24.3. The van der Waals surface area contributed by atoms with Gasteiger partial charge >= 0.3 is 0 Å². The minimum Gasteiger partial charge on any atom is -0.354 e. The SMILES string of the molecule is Cc1ccc(NC(=O)CSCC(=O)Nc2ccccc2Nc2ccccc2)cc1. The average Bonchev–Trinajstić information content (AvgIpc) is 2.72. The fraction of sp³-hybridized carbons (Fsp3) is 0.130. The maximum Gasteiger partial charge on any atom is 0.234 e. The summed E-state index contributed by atoms with van der Waals surface area (Å²) in [5.41, 5.74) is 4.35. The van der Waals surface area contributed by atoms with E-state index in [4.69, 9.17) is 0 Å². The molecule has 0 aromatic heterocycles. The van der Waals surface area contributed by atoms with Crippen LogP contribution in [-0.4, -0.2) is 23.3 Å². The van der Waals surface area contributed by atoms with Gasteiger partial charge in [0.1, 0.15) is 0 Å². The number of anilines is 4. The van der Waals surface area contributed by atoms with Crippen LogP contribution in [-0.2, 0) is 9.59 Å². The van der Waals surface area contributed by atoms with Crippen molar-refractivity contribution in [2.75, 3.05) is 27.5 Å². The Morgan fingerprint density at radius 2 is 1.28 bits per heavy atom. The second-order valence-electron chi connectivity index (χ2n) is 6.49. The molecule has 148 valence electrons. The van der Waals surface area contributed by atoms with E-state index in [1.165, 1.54) is 11.8 Å². The molecule has 6 heteroatoms. The fourth-order valence-electron chi connectivity index (χ4n) is 2.63. The van der Waals surface area contributed by atoms with Crippen LogP contribution in [0.2, 0.25) is 0 Å². The van der Waals surface area contributed by atoms with Crippen LogP contribution in [0.1, 0.15) is 5.56 Å². The van der Waals surface area contributed by atoms with E-state index in [-0.39, 0.29) is 23.3 Å². The summed E-state index contributed by atoms with van der Waals surface area (Å²) in [6.45, 7) is 1.99. The fourth-order valence-corrected chi connectivity index (χ4v) is 3.25. The zero-order valence-corrected chi connectivity index (χ0v) is 17.0. The number of amides is 2. The largest absolute Gasteiger partial charge is 0.354 e. The molecule has 3 rings (SSSR count). The average molecular weight is 406 g/mol. The van der Waals surface area contributed by atoms with E-state index < -0.39 is 0 Å². The van der Waals surface area contributed by atoms with E-state index in [2.05, 4.69) is 16.0 Å². The molecule has 3 aromatic carbocycles. The topological polar surface area (TPSA) is 70.2 Å². The molecule has 0 radical (unpaired) electrons. The Morgan fingerprint density at radius 3 is 1.97 bits per heavy atom. The molecule has 0 aliphatic heterocycles.